The van der Waals surface area contributed by atoms with E-state index in [0.717, 1.165) is 0 Å². The Morgan fingerprint density at radius 3 is 2.88 bits per heavy atom. The molecule has 0 aliphatic carbocycles. The van der Waals surface area contributed by atoms with Gasteiger partial charge in [0.25, 0.3) is 5.69 Å². The van der Waals surface area contributed by atoms with Crippen LogP contribution in [0.2, 0.25) is 0 Å². The average Bonchev–Trinajstić information content (AvgIpc) is 2.29. The molecule has 0 unspecified atom stereocenters. The van der Waals surface area contributed by atoms with Crippen molar-refractivity contribution >= 4 is 17.4 Å². The third-order valence-corrected chi connectivity index (χ3v) is 1.98. The van der Waals surface area contributed by atoms with Gasteiger partial charge in [-0.05, 0) is 19.0 Å². The molecule has 0 heterocycles. The summed E-state index contributed by atoms with van der Waals surface area (Å²) < 4.78 is 0. The third-order valence-electron chi connectivity index (χ3n) is 1.98. The number of hydrogen-bond donors (Lipinski definition) is 3. The van der Waals surface area contributed by atoms with Gasteiger partial charge >= 0.3 is 6.03 Å². The first-order chi connectivity index (χ1) is 8.13. The smallest absolute Gasteiger partial charge is 0.319 e. The van der Waals surface area contributed by atoms with E-state index in [4.69, 9.17) is 5.73 Å². The summed E-state index contributed by atoms with van der Waals surface area (Å²) in [5.74, 6) is 0. The molecule has 0 aliphatic rings. The van der Waals surface area contributed by atoms with Crippen molar-refractivity contribution in [3.8, 4) is 0 Å². The number of anilines is 1. The van der Waals surface area contributed by atoms with E-state index in [9.17, 15) is 14.9 Å². The van der Waals surface area contributed by atoms with Crippen molar-refractivity contribution in [1.82, 2.24) is 5.32 Å². The van der Waals surface area contributed by atoms with Gasteiger partial charge in [-0.15, -0.1) is 0 Å². The van der Waals surface area contributed by atoms with E-state index in [1.807, 2.05) is 0 Å². The van der Waals surface area contributed by atoms with Crippen LogP contribution < -0.4 is 16.4 Å². The first-order valence-electron chi connectivity index (χ1n) is 5.13. The Morgan fingerprint density at radius 1 is 1.47 bits per heavy atom. The molecular weight excluding hydrogens is 224 g/mol. The largest absolute Gasteiger partial charge is 0.338 e. The standard InChI is InChI=1S/C10H14N4O3/c11-5-2-6-12-10(15)13-8-3-1-4-9(7-8)14(16)17/h1,3-4,7H,2,5-6,11H2,(H2,12,13,15). The molecule has 0 radical (unpaired) electrons. The van der Waals surface area contributed by atoms with E-state index in [-0.39, 0.29) is 5.69 Å². The van der Waals surface area contributed by atoms with Crippen molar-refractivity contribution < 1.29 is 9.72 Å². The Bertz CT molecular complexity index is 408. The maximum atomic E-state index is 11.3. The van der Waals surface area contributed by atoms with Crippen LogP contribution >= 0.6 is 0 Å². The van der Waals surface area contributed by atoms with Crippen LogP contribution in [0.4, 0.5) is 16.2 Å². The van der Waals surface area contributed by atoms with E-state index in [1.54, 1.807) is 6.07 Å². The predicted molar refractivity (Wildman–Crippen MR) is 63.8 cm³/mol. The molecule has 92 valence electrons. The van der Waals surface area contributed by atoms with Gasteiger partial charge < -0.3 is 16.4 Å². The number of carbonyl (C=O) groups excluding carboxylic acids is 1. The number of nitrogens with two attached hydrogens (primary N) is 1. The van der Waals surface area contributed by atoms with E-state index < -0.39 is 11.0 Å². The van der Waals surface area contributed by atoms with Crippen LogP contribution in [-0.4, -0.2) is 24.0 Å². The summed E-state index contributed by atoms with van der Waals surface area (Å²) in [4.78, 5) is 21.3. The first kappa shape index (κ1) is 12.9. The zero-order chi connectivity index (χ0) is 12.7. The molecule has 0 fully saturated rings. The number of non-ortho nitro benzene ring substituents is 1. The van der Waals surface area contributed by atoms with Crippen LogP contribution in [0.5, 0.6) is 0 Å². The molecule has 4 N–H and O–H groups in total. The van der Waals surface area contributed by atoms with Gasteiger partial charge in [-0.1, -0.05) is 6.07 Å². The Morgan fingerprint density at radius 2 is 2.24 bits per heavy atom. The van der Waals surface area contributed by atoms with E-state index >= 15 is 0 Å². The zero-order valence-corrected chi connectivity index (χ0v) is 9.18. The Hall–Kier alpha value is -2.15. The monoisotopic (exact) mass is 238 g/mol. The second kappa shape index (κ2) is 6.44. The predicted octanol–water partition coefficient (Wildman–Crippen LogP) is 1.07. The minimum Gasteiger partial charge on any atom is -0.338 e. The average molecular weight is 238 g/mol. The van der Waals surface area contributed by atoms with Crippen molar-refractivity contribution in [2.24, 2.45) is 5.73 Å². The summed E-state index contributed by atoms with van der Waals surface area (Å²) in [5.41, 5.74) is 5.59. The number of carbonyl (C=O) groups is 1. The lowest BCUT2D eigenvalue weighted by molar-refractivity contribution is -0.384. The number of amides is 2. The van der Waals surface area contributed by atoms with E-state index in [1.165, 1.54) is 18.2 Å². The highest BCUT2D eigenvalue weighted by molar-refractivity contribution is 5.89. The van der Waals surface area contributed by atoms with Crippen molar-refractivity contribution in [2.75, 3.05) is 18.4 Å². The second-order valence-electron chi connectivity index (χ2n) is 3.33. The van der Waals surface area contributed by atoms with Gasteiger partial charge in [-0.25, -0.2) is 4.79 Å². The van der Waals surface area contributed by atoms with Crippen molar-refractivity contribution in [2.45, 2.75) is 6.42 Å². The van der Waals surface area contributed by atoms with Crippen molar-refractivity contribution in [1.29, 1.82) is 0 Å². The first-order valence-corrected chi connectivity index (χ1v) is 5.13. The molecule has 1 aromatic rings. The number of nitro benzene ring substituents is 1. The Balaban J connectivity index is 2.53. The maximum Gasteiger partial charge on any atom is 0.319 e. The number of nitro groups is 1. The number of urea groups is 1. The van der Waals surface area contributed by atoms with Crippen LogP contribution in [0.15, 0.2) is 24.3 Å². The number of nitrogens with one attached hydrogen (secondary N) is 2. The van der Waals surface area contributed by atoms with Crippen molar-refractivity contribution in [3.05, 3.63) is 34.4 Å². The molecule has 0 aromatic heterocycles. The normalized spacial score (nSPS) is 9.71. The fourth-order valence-electron chi connectivity index (χ4n) is 1.18. The summed E-state index contributed by atoms with van der Waals surface area (Å²) in [6, 6.07) is 5.34. The quantitative estimate of drug-likeness (QED) is 0.404. The third kappa shape index (κ3) is 4.47. The lowest BCUT2D eigenvalue weighted by atomic mass is 10.3. The summed E-state index contributed by atoms with van der Waals surface area (Å²) in [7, 11) is 0. The van der Waals surface area contributed by atoms with Gasteiger partial charge in [0.2, 0.25) is 0 Å². The topological polar surface area (TPSA) is 110 Å². The van der Waals surface area contributed by atoms with Crippen LogP contribution in [0.3, 0.4) is 0 Å². The fraction of sp³-hybridized carbons (Fsp3) is 0.300. The molecule has 7 heteroatoms. The molecule has 0 spiro atoms. The molecule has 0 bridgehead atoms. The van der Waals surface area contributed by atoms with Crippen molar-refractivity contribution in [3.63, 3.8) is 0 Å². The molecule has 2 amide bonds. The summed E-state index contributed by atoms with van der Waals surface area (Å²) >= 11 is 0. The van der Waals surface area contributed by atoms with Gasteiger partial charge in [-0.2, -0.15) is 0 Å². The number of benzene rings is 1. The van der Waals surface area contributed by atoms with Crippen LogP contribution in [0.1, 0.15) is 6.42 Å². The Kier molecular flexibility index (Phi) is 4.89. The van der Waals surface area contributed by atoms with Crippen LogP contribution in [0.25, 0.3) is 0 Å². The van der Waals surface area contributed by atoms with E-state index in [0.29, 0.717) is 25.2 Å². The van der Waals surface area contributed by atoms with Crippen LogP contribution in [-0.2, 0) is 0 Å². The molecule has 1 aromatic carbocycles. The second-order valence-corrected chi connectivity index (χ2v) is 3.33. The SMILES string of the molecule is NCCCNC(=O)Nc1cccc([N+](=O)[O-])c1. The Labute approximate surface area is 98.1 Å². The van der Waals surface area contributed by atoms with Gasteiger partial charge in [0, 0.05) is 24.4 Å². The van der Waals surface area contributed by atoms with Crippen LogP contribution in [0, 0.1) is 10.1 Å². The number of hydrogen-bond acceptors (Lipinski definition) is 4. The molecule has 0 aliphatic heterocycles. The molecular formula is C10H14N4O3. The molecule has 0 saturated heterocycles. The fourth-order valence-corrected chi connectivity index (χ4v) is 1.18. The highest BCUT2D eigenvalue weighted by Gasteiger charge is 2.07. The highest BCUT2D eigenvalue weighted by atomic mass is 16.6. The minimum atomic E-state index is -0.516. The molecule has 0 atom stereocenters. The molecule has 0 saturated carbocycles. The highest BCUT2D eigenvalue weighted by Crippen LogP contribution is 2.16. The molecule has 17 heavy (non-hydrogen) atoms. The zero-order valence-electron chi connectivity index (χ0n) is 9.18. The van der Waals surface area contributed by atoms with Gasteiger partial charge in [-0.3, -0.25) is 10.1 Å². The lowest BCUT2D eigenvalue weighted by Crippen LogP contribution is -2.30. The summed E-state index contributed by atoms with van der Waals surface area (Å²) in [6.07, 6.45) is 0.683. The summed E-state index contributed by atoms with van der Waals surface area (Å²) in [5, 5.41) is 15.6. The maximum absolute atomic E-state index is 11.3. The number of rotatable bonds is 5. The number of nitrogens with zero attached hydrogens (tertiary/aromatic N) is 1. The van der Waals surface area contributed by atoms with Gasteiger partial charge in [0.1, 0.15) is 0 Å². The summed E-state index contributed by atoms with van der Waals surface area (Å²) in [6.45, 7) is 0.967. The minimum absolute atomic E-state index is 0.0650. The molecule has 7 nitrogen and oxygen atoms in total. The van der Waals surface area contributed by atoms with Gasteiger partial charge in [0.15, 0.2) is 0 Å². The lowest BCUT2D eigenvalue weighted by Gasteiger charge is -2.06. The van der Waals surface area contributed by atoms with Gasteiger partial charge in [0.05, 0.1) is 4.92 Å². The van der Waals surface area contributed by atoms with E-state index in [2.05, 4.69) is 10.6 Å². The molecule has 1 rings (SSSR count).